The number of nitrogen functional groups attached to an aromatic ring is 2. The third kappa shape index (κ3) is 6.63. The number of amides is 2. The number of anilines is 4. The highest BCUT2D eigenvalue weighted by Gasteiger charge is 2.29. The molecular formula is C24H26N10O2S2. The second-order valence-corrected chi connectivity index (χ2v) is 11.1. The van der Waals surface area contributed by atoms with E-state index in [0.717, 1.165) is 35.7 Å². The lowest BCUT2D eigenvalue weighted by molar-refractivity contribution is -0.116. The van der Waals surface area contributed by atoms with Crippen LogP contribution in [0.2, 0.25) is 0 Å². The number of nitrogens with zero attached hydrogens (tertiary/aromatic N) is 6. The second-order valence-electron chi connectivity index (χ2n) is 9.07. The third-order valence-electron chi connectivity index (χ3n) is 6.13. The van der Waals surface area contributed by atoms with E-state index in [1.165, 1.54) is 35.1 Å². The van der Waals surface area contributed by atoms with Gasteiger partial charge in [-0.1, -0.05) is 29.1 Å². The molecule has 2 amide bonds. The van der Waals surface area contributed by atoms with E-state index in [-0.39, 0.29) is 36.5 Å². The van der Waals surface area contributed by atoms with Gasteiger partial charge in [0.05, 0.1) is 36.6 Å². The normalized spacial score (nSPS) is 17.2. The Morgan fingerprint density at radius 1 is 0.763 bits per heavy atom. The zero-order chi connectivity index (χ0) is 26.5. The van der Waals surface area contributed by atoms with Crippen LogP contribution in [0.3, 0.4) is 0 Å². The molecule has 4 aromatic rings. The van der Waals surface area contributed by atoms with Crippen molar-refractivity contribution < 1.29 is 9.59 Å². The summed E-state index contributed by atoms with van der Waals surface area (Å²) in [5.41, 5.74) is 13.6. The summed E-state index contributed by atoms with van der Waals surface area (Å²) in [5.74, 6) is 0.0209. The van der Waals surface area contributed by atoms with E-state index in [1.54, 1.807) is 24.3 Å². The molecule has 4 heterocycles. The molecule has 1 aliphatic carbocycles. The summed E-state index contributed by atoms with van der Waals surface area (Å²) in [5, 5.41) is 25.4. The standard InChI is InChI=1S/C24H26N10O2S2/c25-15-4-6-17(27-11-15)9-19(35)29-23-33-31-21(37-23)13-2-1-3-14(8-13)22-32-34-24(38-22)30-20(36)10-18-7-5-16(26)12-28-18/h4-7,11-14H,1-3,8-10,25-26H2,(H,29,33,35)(H,30,34,36). The molecule has 0 radical (unpaired) electrons. The van der Waals surface area contributed by atoms with Crippen LogP contribution in [0, 0.1) is 0 Å². The molecule has 2 unspecified atom stereocenters. The molecule has 1 aliphatic rings. The molecule has 1 saturated carbocycles. The molecule has 12 nitrogen and oxygen atoms in total. The van der Waals surface area contributed by atoms with Gasteiger partial charge in [-0.15, -0.1) is 20.4 Å². The maximum Gasteiger partial charge on any atom is 0.232 e. The Morgan fingerprint density at radius 3 is 1.66 bits per heavy atom. The van der Waals surface area contributed by atoms with Gasteiger partial charge in [-0.05, 0) is 43.5 Å². The van der Waals surface area contributed by atoms with Gasteiger partial charge in [-0.3, -0.25) is 19.6 Å². The summed E-state index contributed by atoms with van der Waals surface area (Å²) in [6.45, 7) is 0. The average molecular weight is 551 g/mol. The largest absolute Gasteiger partial charge is 0.397 e. The number of aromatic nitrogens is 6. The second kappa shape index (κ2) is 11.6. The first-order chi connectivity index (χ1) is 18.4. The average Bonchev–Trinajstić information content (AvgIpc) is 3.57. The van der Waals surface area contributed by atoms with Gasteiger partial charge in [0.25, 0.3) is 0 Å². The zero-order valence-corrected chi connectivity index (χ0v) is 22.0. The highest BCUT2D eigenvalue weighted by Crippen LogP contribution is 2.43. The number of hydrogen-bond acceptors (Lipinski definition) is 12. The number of nitrogens with two attached hydrogens (primary N) is 2. The first kappa shape index (κ1) is 25.6. The fourth-order valence-corrected chi connectivity index (χ4v) is 6.09. The van der Waals surface area contributed by atoms with Gasteiger partial charge in [0.15, 0.2) is 0 Å². The highest BCUT2D eigenvalue weighted by atomic mass is 32.1. The fourth-order valence-electron chi connectivity index (χ4n) is 4.28. The summed E-state index contributed by atoms with van der Waals surface area (Å²) in [6.07, 6.45) is 7.18. The molecule has 1 fully saturated rings. The molecular weight excluding hydrogens is 524 g/mol. The topological polar surface area (TPSA) is 188 Å². The molecule has 0 saturated heterocycles. The fraction of sp³-hybridized carbons (Fsp3) is 0.333. The minimum atomic E-state index is -0.206. The summed E-state index contributed by atoms with van der Waals surface area (Å²) >= 11 is 2.79. The number of carbonyl (C=O) groups excluding carboxylic acids is 2. The molecule has 5 rings (SSSR count). The Hall–Kier alpha value is -4.04. The molecule has 2 atom stereocenters. The van der Waals surface area contributed by atoms with Gasteiger partial charge in [0.2, 0.25) is 22.1 Å². The van der Waals surface area contributed by atoms with Gasteiger partial charge in [0.1, 0.15) is 10.0 Å². The molecule has 6 N–H and O–H groups in total. The number of hydrogen-bond donors (Lipinski definition) is 4. The monoisotopic (exact) mass is 550 g/mol. The number of pyridine rings is 2. The first-order valence-electron chi connectivity index (χ1n) is 12.1. The lowest BCUT2D eigenvalue weighted by Gasteiger charge is -2.25. The van der Waals surface area contributed by atoms with Crippen LogP contribution in [0.1, 0.15) is 58.9 Å². The predicted octanol–water partition coefficient (Wildman–Crippen LogP) is 3.15. The SMILES string of the molecule is Nc1ccc(CC(=O)Nc2nnc(C3CCCC(c4nnc(NC(=O)Cc5ccc(N)cn5)s4)C3)s2)nc1. The van der Waals surface area contributed by atoms with Crippen LogP contribution in [-0.2, 0) is 22.4 Å². The molecule has 14 heteroatoms. The summed E-state index contributed by atoms with van der Waals surface area (Å²) in [4.78, 5) is 33.1. The van der Waals surface area contributed by atoms with Crippen LogP contribution >= 0.6 is 22.7 Å². The van der Waals surface area contributed by atoms with E-state index in [0.29, 0.717) is 33.0 Å². The van der Waals surface area contributed by atoms with Gasteiger partial charge < -0.3 is 22.1 Å². The Balaban J connectivity index is 1.14. The van der Waals surface area contributed by atoms with Crippen molar-refractivity contribution in [1.29, 1.82) is 0 Å². The Kier molecular flexibility index (Phi) is 7.79. The highest BCUT2D eigenvalue weighted by molar-refractivity contribution is 7.15. The molecule has 196 valence electrons. The Labute approximate surface area is 226 Å². The molecule has 38 heavy (non-hydrogen) atoms. The predicted molar refractivity (Wildman–Crippen MR) is 146 cm³/mol. The van der Waals surface area contributed by atoms with Crippen LogP contribution in [0.4, 0.5) is 21.6 Å². The van der Waals surface area contributed by atoms with Crippen molar-refractivity contribution in [3.8, 4) is 0 Å². The number of carbonyl (C=O) groups is 2. The Morgan fingerprint density at radius 2 is 1.24 bits per heavy atom. The lowest BCUT2D eigenvalue weighted by Crippen LogP contribution is -2.15. The zero-order valence-electron chi connectivity index (χ0n) is 20.3. The Bertz CT molecular complexity index is 1300. The van der Waals surface area contributed by atoms with Crippen LogP contribution in [0.25, 0.3) is 0 Å². The van der Waals surface area contributed by atoms with Gasteiger partial charge in [-0.2, -0.15) is 0 Å². The van der Waals surface area contributed by atoms with Crippen LogP contribution in [-0.4, -0.2) is 42.2 Å². The van der Waals surface area contributed by atoms with Crippen molar-refractivity contribution in [2.45, 2.75) is 50.4 Å². The van der Waals surface area contributed by atoms with Gasteiger partial charge in [-0.25, -0.2) is 0 Å². The number of nitrogens with one attached hydrogen (secondary N) is 2. The van der Waals surface area contributed by atoms with E-state index in [2.05, 4.69) is 41.0 Å². The molecule has 0 aromatic carbocycles. The van der Waals surface area contributed by atoms with E-state index in [4.69, 9.17) is 11.5 Å². The first-order valence-corrected chi connectivity index (χ1v) is 13.7. The molecule has 0 bridgehead atoms. The molecule has 4 aromatic heterocycles. The number of rotatable bonds is 8. The maximum atomic E-state index is 12.4. The van der Waals surface area contributed by atoms with Crippen molar-refractivity contribution in [3.05, 3.63) is 58.1 Å². The van der Waals surface area contributed by atoms with Crippen molar-refractivity contribution in [1.82, 2.24) is 30.4 Å². The van der Waals surface area contributed by atoms with Gasteiger partial charge >= 0.3 is 0 Å². The van der Waals surface area contributed by atoms with Crippen molar-refractivity contribution in [2.24, 2.45) is 0 Å². The van der Waals surface area contributed by atoms with Crippen molar-refractivity contribution >= 4 is 56.1 Å². The lowest BCUT2D eigenvalue weighted by atomic mass is 9.82. The quantitative estimate of drug-likeness (QED) is 0.254. The maximum absolute atomic E-state index is 12.4. The van der Waals surface area contributed by atoms with Crippen LogP contribution < -0.4 is 22.1 Å². The van der Waals surface area contributed by atoms with Crippen LogP contribution in [0.15, 0.2) is 36.7 Å². The van der Waals surface area contributed by atoms with E-state index >= 15 is 0 Å². The molecule has 0 aliphatic heterocycles. The van der Waals surface area contributed by atoms with Crippen LogP contribution in [0.5, 0.6) is 0 Å². The summed E-state index contributed by atoms with van der Waals surface area (Å²) < 4.78 is 0. The summed E-state index contributed by atoms with van der Waals surface area (Å²) in [7, 11) is 0. The smallest absolute Gasteiger partial charge is 0.232 e. The minimum absolute atomic E-state index is 0.132. The van der Waals surface area contributed by atoms with E-state index in [1.807, 2.05) is 0 Å². The molecule has 0 spiro atoms. The van der Waals surface area contributed by atoms with Crippen molar-refractivity contribution in [2.75, 3.05) is 22.1 Å². The van der Waals surface area contributed by atoms with E-state index in [9.17, 15) is 9.59 Å². The minimum Gasteiger partial charge on any atom is -0.397 e. The summed E-state index contributed by atoms with van der Waals surface area (Å²) in [6, 6.07) is 6.88. The third-order valence-corrected chi connectivity index (χ3v) is 8.13. The van der Waals surface area contributed by atoms with Gasteiger partial charge in [0, 0.05) is 23.2 Å². The van der Waals surface area contributed by atoms with E-state index < -0.39 is 0 Å². The van der Waals surface area contributed by atoms with Crippen molar-refractivity contribution in [3.63, 3.8) is 0 Å².